The lowest BCUT2D eigenvalue weighted by Gasteiger charge is -2.36. The van der Waals surface area contributed by atoms with Gasteiger partial charge in [-0.1, -0.05) is 0 Å². The molecule has 1 aliphatic rings. The molecule has 4 nitrogen and oxygen atoms in total. The van der Waals surface area contributed by atoms with E-state index in [0.717, 1.165) is 6.54 Å². The summed E-state index contributed by atoms with van der Waals surface area (Å²) in [5.74, 6) is -0.0896. The number of carbonyl (C=O) groups is 1. The number of piperidine rings is 1. The number of nitrogens with zero attached hydrogens (tertiary/aromatic N) is 1. The van der Waals surface area contributed by atoms with E-state index in [2.05, 4.69) is 24.1 Å². The number of benzene rings is 1. The summed E-state index contributed by atoms with van der Waals surface area (Å²) >= 11 is 0. The summed E-state index contributed by atoms with van der Waals surface area (Å²) in [5, 5.41) is 2.80. The zero-order chi connectivity index (χ0) is 14.0. The molecule has 0 spiro atoms. The van der Waals surface area contributed by atoms with E-state index >= 15 is 0 Å². The number of rotatable bonds is 2. The molecule has 0 aliphatic carbocycles. The van der Waals surface area contributed by atoms with Crippen LogP contribution in [0.5, 0.6) is 0 Å². The van der Waals surface area contributed by atoms with E-state index < -0.39 is 0 Å². The van der Waals surface area contributed by atoms with E-state index in [1.165, 1.54) is 37.4 Å². The lowest BCUT2D eigenvalue weighted by atomic mass is 10.0. The van der Waals surface area contributed by atoms with Gasteiger partial charge in [-0.05, 0) is 50.8 Å². The highest BCUT2D eigenvalue weighted by molar-refractivity contribution is 5.93. The van der Waals surface area contributed by atoms with Crippen molar-refractivity contribution in [1.82, 2.24) is 0 Å². The van der Waals surface area contributed by atoms with Gasteiger partial charge in [0.2, 0.25) is 5.91 Å². The molecule has 0 saturated carbocycles. The average Bonchev–Trinajstić information content (AvgIpc) is 2.33. The minimum absolute atomic E-state index is 0.0896. The van der Waals surface area contributed by atoms with Crippen LogP contribution in [0.4, 0.5) is 17.1 Å². The molecule has 0 aromatic heterocycles. The van der Waals surface area contributed by atoms with Gasteiger partial charge >= 0.3 is 0 Å². The molecule has 104 valence electrons. The Kier molecular flexibility index (Phi) is 3.98. The summed E-state index contributed by atoms with van der Waals surface area (Å²) in [5.41, 5.74) is 9.66. The fourth-order valence-corrected chi connectivity index (χ4v) is 2.78. The Morgan fingerprint density at radius 1 is 1.42 bits per heavy atom. The molecule has 3 N–H and O–H groups in total. The van der Waals surface area contributed by atoms with Crippen LogP contribution in [0.25, 0.3) is 0 Å². The summed E-state index contributed by atoms with van der Waals surface area (Å²) in [6.45, 7) is 6.91. The van der Waals surface area contributed by atoms with E-state index in [0.29, 0.717) is 17.4 Å². The maximum absolute atomic E-state index is 11.2. The Hall–Kier alpha value is -1.71. The molecule has 0 radical (unpaired) electrons. The number of nitrogens with one attached hydrogen (secondary N) is 1. The monoisotopic (exact) mass is 261 g/mol. The Labute approximate surface area is 115 Å². The highest BCUT2D eigenvalue weighted by Gasteiger charge is 2.21. The average molecular weight is 261 g/mol. The van der Waals surface area contributed by atoms with E-state index in [1.807, 2.05) is 12.1 Å². The van der Waals surface area contributed by atoms with Gasteiger partial charge in [0.15, 0.2) is 0 Å². The van der Waals surface area contributed by atoms with Crippen molar-refractivity contribution in [2.45, 2.75) is 46.1 Å². The van der Waals surface area contributed by atoms with Crippen molar-refractivity contribution in [3.63, 3.8) is 0 Å². The van der Waals surface area contributed by atoms with Gasteiger partial charge in [0.05, 0.1) is 11.4 Å². The number of carbonyl (C=O) groups excluding carboxylic acids is 1. The van der Waals surface area contributed by atoms with Gasteiger partial charge in [-0.3, -0.25) is 4.79 Å². The van der Waals surface area contributed by atoms with Crippen molar-refractivity contribution in [2.75, 3.05) is 22.5 Å². The zero-order valence-corrected chi connectivity index (χ0v) is 12.0. The van der Waals surface area contributed by atoms with Gasteiger partial charge in [0, 0.05) is 25.2 Å². The van der Waals surface area contributed by atoms with Crippen molar-refractivity contribution in [1.29, 1.82) is 0 Å². The molecular formula is C15H23N3O. The number of nitrogen functional groups attached to an aromatic ring is 1. The molecular weight excluding hydrogens is 238 g/mol. The molecule has 19 heavy (non-hydrogen) atoms. The third-order valence-corrected chi connectivity index (χ3v) is 3.79. The van der Waals surface area contributed by atoms with Crippen LogP contribution in [0.15, 0.2) is 12.1 Å². The maximum Gasteiger partial charge on any atom is 0.221 e. The number of amides is 1. The number of hydrogen-bond donors (Lipinski definition) is 2. The van der Waals surface area contributed by atoms with Crippen molar-refractivity contribution in [2.24, 2.45) is 0 Å². The molecule has 0 bridgehead atoms. The largest absolute Gasteiger partial charge is 0.397 e. The number of hydrogen-bond acceptors (Lipinski definition) is 3. The van der Waals surface area contributed by atoms with E-state index in [1.54, 1.807) is 0 Å². The Balaban J connectivity index is 2.36. The van der Waals surface area contributed by atoms with Crippen LogP contribution < -0.4 is 16.0 Å². The number of nitrogens with two attached hydrogens (primary N) is 1. The Bertz CT molecular complexity index is 485. The molecule has 1 heterocycles. The molecule has 1 atom stereocenters. The third kappa shape index (κ3) is 3.00. The van der Waals surface area contributed by atoms with Crippen LogP contribution in [-0.4, -0.2) is 18.5 Å². The van der Waals surface area contributed by atoms with Crippen molar-refractivity contribution >= 4 is 23.0 Å². The molecule has 1 aromatic carbocycles. The fourth-order valence-electron chi connectivity index (χ4n) is 2.78. The first-order valence-electron chi connectivity index (χ1n) is 6.93. The smallest absolute Gasteiger partial charge is 0.221 e. The van der Waals surface area contributed by atoms with Gasteiger partial charge in [-0.15, -0.1) is 0 Å². The predicted molar refractivity (Wildman–Crippen MR) is 80.6 cm³/mol. The first-order chi connectivity index (χ1) is 8.99. The molecule has 1 amide bonds. The highest BCUT2D eigenvalue weighted by atomic mass is 16.1. The van der Waals surface area contributed by atoms with Crippen molar-refractivity contribution in [3.8, 4) is 0 Å². The standard InChI is InChI=1S/C15H23N3O/c1-10-8-13(16)14(17-12(3)19)9-15(10)18-7-5-4-6-11(18)2/h8-9,11H,4-7,16H2,1-3H3,(H,17,19). The summed E-state index contributed by atoms with van der Waals surface area (Å²) in [6.07, 6.45) is 3.74. The van der Waals surface area contributed by atoms with Crippen LogP contribution in [-0.2, 0) is 4.79 Å². The van der Waals surface area contributed by atoms with Crippen molar-refractivity contribution in [3.05, 3.63) is 17.7 Å². The molecule has 1 aliphatic heterocycles. The number of aryl methyl sites for hydroxylation is 1. The van der Waals surface area contributed by atoms with E-state index in [4.69, 9.17) is 5.73 Å². The second-order valence-corrected chi connectivity index (χ2v) is 5.45. The van der Waals surface area contributed by atoms with Crippen LogP contribution >= 0.6 is 0 Å². The van der Waals surface area contributed by atoms with Crippen molar-refractivity contribution < 1.29 is 4.79 Å². The van der Waals surface area contributed by atoms with Crippen LogP contribution in [0.2, 0.25) is 0 Å². The summed E-state index contributed by atoms with van der Waals surface area (Å²) in [6, 6.07) is 4.50. The molecule has 1 unspecified atom stereocenters. The van der Waals surface area contributed by atoms with Gasteiger partial charge < -0.3 is 16.0 Å². The highest BCUT2D eigenvalue weighted by Crippen LogP contribution is 2.33. The first kappa shape index (κ1) is 13.7. The summed E-state index contributed by atoms with van der Waals surface area (Å²) < 4.78 is 0. The molecule has 1 saturated heterocycles. The number of anilines is 3. The topological polar surface area (TPSA) is 58.4 Å². The minimum Gasteiger partial charge on any atom is -0.397 e. The van der Waals surface area contributed by atoms with Gasteiger partial charge in [0.1, 0.15) is 0 Å². The third-order valence-electron chi connectivity index (χ3n) is 3.79. The second-order valence-electron chi connectivity index (χ2n) is 5.45. The normalized spacial score (nSPS) is 19.3. The van der Waals surface area contributed by atoms with Crippen LogP contribution in [0, 0.1) is 6.92 Å². The predicted octanol–water partition coefficient (Wildman–Crippen LogP) is 2.91. The van der Waals surface area contributed by atoms with Crippen LogP contribution in [0.3, 0.4) is 0 Å². The molecule has 1 fully saturated rings. The summed E-state index contributed by atoms with van der Waals surface area (Å²) in [7, 11) is 0. The quantitative estimate of drug-likeness (QED) is 0.805. The van der Waals surface area contributed by atoms with Crippen LogP contribution in [0.1, 0.15) is 38.7 Å². The second kappa shape index (κ2) is 5.51. The maximum atomic E-state index is 11.2. The fraction of sp³-hybridized carbons (Fsp3) is 0.533. The van der Waals surface area contributed by atoms with Gasteiger partial charge in [-0.2, -0.15) is 0 Å². The molecule has 4 heteroatoms. The SMILES string of the molecule is CC(=O)Nc1cc(N2CCCCC2C)c(C)cc1N. The molecule has 1 aromatic rings. The lowest BCUT2D eigenvalue weighted by molar-refractivity contribution is -0.114. The molecule has 2 rings (SSSR count). The zero-order valence-electron chi connectivity index (χ0n) is 12.0. The van der Waals surface area contributed by atoms with Gasteiger partial charge in [0.25, 0.3) is 0 Å². The lowest BCUT2D eigenvalue weighted by Crippen LogP contribution is -2.37. The summed E-state index contributed by atoms with van der Waals surface area (Å²) in [4.78, 5) is 13.6. The minimum atomic E-state index is -0.0896. The van der Waals surface area contributed by atoms with E-state index in [9.17, 15) is 4.79 Å². The Morgan fingerprint density at radius 2 is 2.16 bits per heavy atom. The Morgan fingerprint density at radius 3 is 2.79 bits per heavy atom. The van der Waals surface area contributed by atoms with Gasteiger partial charge in [-0.25, -0.2) is 0 Å². The first-order valence-corrected chi connectivity index (χ1v) is 6.93. The van der Waals surface area contributed by atoms with E-state index in [-0.39, 0.29) is 5.91 Å².